The number of carbonyl (C=O) groups is 1. The molecule has 3 aliphatic heterocycles. The summed E-state index contributed by atoms with van der Waals surface area (Å²) in [5.74, 6) is 2.11. The van der Waals surface area contributed by atoms with Crippen LogP contribution in [0.5, 0.6) is 11.5 Å². The minimum atomic E-state index is -0.0184. The first-order chi connectivity index (χ1) is 11.1. The van der Waals surface area contributed by atoms with Crippen LogP contribution in [0.3, 0.4) is 0 Å². The molecular weight excluding hydrogens is 292 g/mol. The van der Waals surface area contributed by atoms with Crippen molar-refractivity contribution in [1.82, 2.24) is 10.2 Å². The molecule has 1 aromatic carbocycles. The van der Waals surface area contributed by atoms with Crippen molar-refractivity contribution in [1.29, 1.82) is 0 Å². The monoisotopic (exact) mass is 316 g/mol. The van der Waals surface area contributed by atoms with Gasteiger partial charge in [0.1, 0.15) is 12.2 Å². The molecule has 4 rings (SSSR count). The van der Waals surface area contributed by atoms with E-state index in [0.29, 0.717) is 17.1 Å². The van der Waals surface area contributed by atoms with Gasteiger partial charge in [0.25, 0.3) is 5.91 Å². The highest BCUT2D eigenvalue weighted by Crippen LogP contribution is 2.35. The summed E-state index contributed by atoms with van der Waals surface area (Å²) in [6, 6.07) is 5.71. The molecule has 0 spiro atoms. The zero-order valence-electron chi connectivity index (χ0n) is 13.7. The summed E-state index contributed by atoms with van der Waals surface area (Å²) < 4.78 is 11.7. The Balaban J connectivity index is 1.45. The van der Waals surface area contributed by atoms with E-state index in [-0.39, 0.29) is 24.2 Å². The number of carbonyl (C=O) groups excluding carboxylic acids is 1. The zero-order valence-corrected chi connectivity index (χ0v) is 13.7. The van der Waals surface area contributed by atoms with Crippen molar-refractivity contribution >= 4 is 5.91 Å². The van der Waals surface area contributed by atoms with Crippen LogP contribution in [0.15, 0.2) is 18.2 Å². The van der Waals surface area contributed by atoms with Gasteiger partial charge in [-0.2, -0.15) is 0 Å². The number of nitrogens with one attached hydrogen (secondary N) is 1. The Bertz CT molecular complexity index is 606. The number of ether oxygens (including phenoxy) is 2. The molecule has 1 aromatic rings. The average molecular weight is 316 g/mol. The third-order valence-corrected chi connectivity index (χ3v) is 5.29. The van der Waals surface area contributed by atoms with E-state index in [9.17, 15) is 4.79 Å². The van der Waals surface area contributed by atoms with E-state index in [0.717, 1.165) is 18.9 Å². The van der Waals surface area contributed by atoms with Crippen molar-refractivity contribution in [2.45, 2.75) is 44.9 Å². The van der Waals surface area contributed by atoms with Crippen LogP contribution in [-0.2, 0) is 0 Å². The van der Waals surface area contributed by atoms with Crippen LogP contribution >= 0.6 is 0 Å². The van der Waals surface area contributed by atoms with Crippen LogP contribution in [0.2, 0.25) is 0 Å². The predicted octanol–water partition coefficient (Wildman–Crippen LogP) is 2.06. The largest absolute Gasteiger partial charge is 0.483 e. The van der Waals surface area contributed by atoms with Gasteiger partial charge >= 0.3 is 0 Å². The van der Waals surface area contributed by atoms with Crippen LogP contribution in [-0.4, -0.2) is 48.7 Å². The average Bonchev–Trinajstić information content (AvgIpc) is 2.87. The molecule has 2 fully saturated rings. The Labute approximate surface area is 136 Å². The van der Waals surface area contributed by atoms with Crippen molar-refractivity contribution in [3.05, 3.63) is 23.8 Å². The van der Waals surface area contributed by atoms with Crippen molar-refractivity contribution < 1.29 is 14.3 Å². The van der Waals surface area contributed by atoms with Crippen LogP contribution < -0.4 is 14.8 Å². The second kappa shape index (κ2) is 5.71. The third-order valence-electron chi connectivity index (χ3n) is 5.29. The molecule has 0 aliphatic carbocycles. The summed E-state index contributed by atoms with van der Waals surface area (Å²) in [6.07, 6.45) is 2.38. The first-order valence-corrected chi connectivity index (χ1v) is 8.59. The Morgan fingerprint density at radius 2 is 1.96 bits per heavy atom. The molecule has 0 aromatic heterocycles. The highest BCUT2D eigenvalue weighted by molar-refractivity contribution is 5.95. The number of hydrogen-bond acceptors (Lipinski definition) is 4. The summed E-state index contributed by atoms with van der Waals surface area (Å²) in [7, 11) is 0. The fraction of sp³-hybridized carbons (Fsp3) is 0.611. The highest BCUT2D eigenvalue weighted by atomic mass is 16.6. The number of fused-ring (bicyclic) bond motifs is 3. The molecule has 1 unspecified atom stereocenters. The Hall–Kier alpha value is -1.75. The summed E-state index contributed by atoms with van der Waals surface area (Å²) in [6.45, 7) is 7.32. The van der Waals surface area contributed by atoms with Gasteiger partial charge in [-0.15, -0.1) is 0 Å². The molecule has 5 nitrogen and oxygen atoms in total. The molecule has 5 atom stereocenters. The van der Waals surface area contributed by atoms with Crippen molar-refractivity contribution in [3.8, 4) is 11.5 Å². The normalized spacial score (nSPS) is 35.0. The molecule has 2 saturated heterocycles. The summed E-state index contributed by atoms with van der Waals surface area (Å²) >= 11 is 0. The zero-order chi connectivity index (χ0) is 16.0. The lowest BCUT2D eigenvalue weighted by molar-refractivity contribution is 0.0428. The van der Waals surface area contributed by atoms with Gasteiger partial charge in [0.15, 0.2) is 11.5 Å². The highest BCUT2D eigenvalue weighted by Gasteiger charge is 2.33. The number of rotatable bonds is 2. The smallest absolute Gasteiger partial charge is 0.251 e. The summed E-state index contributed by atoms with van der Waals surface area (Å²) in [5, 5.41) is 3.19. The SMILES string of the molecule is C[C@@H]1Oc2ccc(C(=O)N[C@@H]3C[C@H]4CCN(C4)C3)cc2O[C@H]1C. The predicted molar refractivity (Wildman–Crippen MR) is 87.0 cm³/mol. The molecule has 0 radical (unpaired) electrons. The van der Waals surface area contributed by atoms with E-state index in [4.69, 9.17) is 9.47 Å². The molecule has 23 heavy (non-hydrogen) atoms. The van der Waals surface area contributed by atoms with Crippen LogP contribution in [0.4, 0.5) is 0 Å². The molecular formula is C18H24N2O3. The van der Waals surface area contributed by atoms with E-state index in [2.05, 4.69) is 10.2 Å². The van der Waals surface area contributed by atoms with E-state index in [1.807, 2.05) is 26.0 Å². The van der Waals surface area contributed by atoms with Gasteiger partial charge in [0.05, 0.1) is 0 Å². The maximum Gasteiger partial charge on any atom is 0.251 e. The minimum absolute atomic E-state index is 0.0115. The number of piperidine rings is 1. The van der Waals surface area contributed by atoms with Crippen LogP contribution in [0.25, 0.3) is 0 Å². The number of hydrogen-bond donors (Lipinski definition) is 1. The Morgan fingerprint density at radius 3 is 2.74 bits per heavy atom. The fourth-order valence-electron chi connectivity index (χ4n) is 3.86. The molecule has 3 aliphatic rings. The van der Waals surface area contributed by atoms with Gasteiger partial charge in [-0.25, -0.2) is 0 Å². The van der Waals surface area contributed by atoms with Gasteiger partial charge in [0, 0.05) is 24.7 Å². The molecule has 2 bridgehead atoms. The van der Waals surface area contributed by atoms with Crippen molar-refractivity contribution in [3.63, 3.8) is 0 Å². The van der Waals surface area contributed by atoms with Crippen LogP contribution in [0, 0.1) is 5.92 Å². The van der Waals surface area contributed by atoms with Gasteiger partial charge in [0.2, 0.25) is 0 Å². The maximum atomic E-state index is 12.6. The van der Waals surface area contributed by atoms with Gasteiger partial charge in [-0.3, -0.25) is 4.79 Å². The minimum Gasteiger partial charge on any atom is -0.483 e. The lowest BCUT2D eigenvalue weighted by Crippen LogP contribution is -2.47. The summed E-state index contributed by atoms with van der Waals surface area (Å²) in [5.41, 5.74) is 0.641. The number of nitrogens with zero attached hydrogens (tertiary/aromatic N) is 1. The standard InChI is InChI=1S/C18H24N2O3/c1-11-12(2)23-17-8-14(3-4-16(17)22-11)18(21)19-15-7-13-5-6-20(9-13)10-15/h3-4,8,11-13,15H,5-7,9-10H2,1-2H3,(H,19,21)/t11-,12-,13+,15+/m0/s1. The van der Waals surface area contributed by atoms with Crippen molar-refractivity contribution in [2.24, 2.45) is 5.92 Å². The van der Waals surface area contributed by atoms with Gasteiger partial charge < -0.3 is 19.7 Å². The first-order valence-electron chi connectivity index (χ1n) is 8.59. The molecule has 124 valence electrons. The van der Waals surface area contributed by atoms with E-state index in [1.54, 1.807) is 6.07 Å². The molecule has 1 N–H and O–H groups in total. The topological polar surface area (TPSA) is 50.8 Å². The van der Waals surface area contributed by atoms with Crippen LogP contribution in [0.1, 0.15) is 37.0 Å². The van der Waals surface area contributed by atoms with Crippen molar-refractivity contribution in [2.75, 3.05) is 19.6 Å². The molecule has 0 saturated carbocycles. The third kappa shape index (κ3) is 2.90. The van der Waals surface area contributed by atoms with Gasteiger partial charge in [-0.05, 0) is 57.4 Å². The first kappa shape index (κ1) is 14.8. The van der Waals surface area contributed by atoms with E-state index < -0.39 is 0 Å². The summed E-state index contributed by atoms with van der Waals surface area (Å²) in [4.78, 5) is 15.0. The Kier molecular flexibility index (Phi) is 3.68. The molecule has 3 heterocycles. The Morgan fingerprint density at radius 1 is 1.17 bits per heavy atom. The van der Waals surface area contributed by atoms with Gasteiger partial charge in [-0.1, -0.05) is 0 Å². The lowest BCUT2D eigenvalue weighted by atomic mass is 9.96. The number of amides is 1. The fourth-order valence-corrected chi connectivity index (χ4v) is 3.86. The second-order valence-electron chi connectivity index (χ2n) is 7.13. The maximum absolute atomic E-state index is 12.6. The van der Waals surface area contributed by atoms with E-state index >= 15 is 0 Å². The molecule has 5 heteroatoms. The second-order valence-corrected chi connectivity index (χ2v) is 7.13. The quantitative estimate of drug-likeness (QED) is 0.907. The van der Waals surface area contributed by atoms with E-state index in [1.165, 1.54) is 19.5 Å². The lowest BCUT2D eigenvalue weighted by Gasteiger charge is -2.31. The number of benzene rings is 1. The molecule has 1 amide bonds.